The van der Waals surface area contributed by atoms with E-state index >= 15 is 0 Å². The summed E-state index contributed by atoms with van der Waals surface area (Å²) in [5, 5.41) is 17.1. The highest BCUT2D eigenvalue weighted by Gasteiger charge is 2.08. The van der Waals surface area contributed by atoms with Gasteiger partial charge in [0.25, 0.3) is 0 Å². The fourth-order valence-corrected chi connectivity index (χ4v) is 2.09. The Hall–Kier alpha value is -4.17. The quantitative estimate of drug-likeness (QED) is 0.657. The van der Waals surface area contributed by atoms with Crippen LogP contribution >= 0.6 is 0 Å². The van der Waals surface area contributed by atoms with E-state index in [-0.39, 0.29) is 11.4 Å². The van der Waals surface area contributed by atoms with Crippen molar-refractivity contribution < 1.29 is 18.6 Å². The zero-order chi connectivity index (χ0) is 21.2. The lowest BCUT2D eigenvalue weighted by atomic mass is 10.2. The number of hydrogen-bond donors (Lipinski definition) is 0. The predicted molar refractivity (Wildman–Crippen MR) is 102 cm³/mol. The Morgan fingerprint density at radius 3 is 1.93 bits per heavy atom. The van der Waals surface area contributed by atoms with Crippen molar-refractivity contribution in [3.05, 3.63) is 71.6 Å². The van der Waals surface area contributed by atoms with Crippen molar-refractivity contribution >= 4 is 0 Å². The van der Waals surface area contributed by atoms with E-state index in [0.717, 1.165) is 11.8 Å². The van der Waals surface area contributed by atoms with Gasteiger partial charge in [-0.05, 0) is 19.1 Å². The van der Waals surface area contributed by atoms with E-state index in [1.54, 1.807) is 12.1 Å². The second kappa shape index (κ2) is 10.2. The molecule has 0 aliphatic rings. The molecule has 2 heterocycles. The number of aromatic nitrogens is 2. The molecular weight excluding hydrogens is 375 g/mol. The molecule has 0 spiro atoms. The first-order valence-electron chi connectivity index (χ1n) is 8.29. The third-order valence-corrected chi connectivity index (χ3v) is 3.57. The Balaban J connectivity index is 0.000000234. The Bertz CT molecular complexity index is 1060. The highest BCUT2D eigenvalue weighted by molar-refractivity contribution is 5.44. The van der Waals surface area contributed by atoms with Crippen molar-refractivity contribution in [2.45, 2.75) is 6.92 Å². The molecule has 3 aromatic rings. The molecule has 0 atom stereocenters. The number of hydrogen-bond acceptors (Lipinski definition) is 7. The summed E-state index contributed by atoms with van der Waals surface area (Å²) in [4.78, 5) is 7.44. The maximum atomic E-state index is 12.6. The van der Waals surface area contributed by atoms with E-state index in [0.29, 0.717) is 22.9 Å². The van der Waals surface area contributed by atoms with Gasteiger partial charge in [-0.1, -0.05) is 17.7 Å². The molecule has 8 heteroatoms. The SMILES string of the molecule is COc1cc(C#N)ncc1F.COc1cc(C#N)ncc1Oc1ccc(C)cc1. The molecule has 0 unspecified atom stereocenters. The number of nitriles is 2. The van der Waals surface area contributed by atoms with Crippen LogP contribution < -0.4 is 14.2 Å². The number of rotatable bonds is 4. The largest absolute Gasteiger partial charge is 0.494 e. The second-order valence-electron chi connectivity index (χ2n) is 5.56. The molecule has 0 radical (unpaired) electrons. The van der Waals surface area contributed by atoms with Gasteiger partial charge < -0.3 is 14.2 Å². The molecule has 7 nitrogen and oxygen atoms in total. The van der Waals surface area contributed by atoms with Gasteiger partial charge in [0.05, 0.1) is 26.6 Å². The van der Waals surface area contributed by atoms with Gasteiger partial charge >= 0.3 is 0 Å². The van der Waals surface area contributed by atoms with Gasteiger partial charge in [-0.2, -0.15) is 10.5 Å². The molecule has 146 valence electrons. The van der Waals surface area contributed by atoms with Gasteiger partial charge in [-0.25, -0.2) is 14.4 Å². The smallest absolute Gasteiger partial charge is 0.187 e. The molecule has 0 saturated carbocycles. The van der Waals surface area contributed by atoms with Crippen molar-refractivity contribution in [1.82, 2.24) is 9.97 Å². The molecule has 1 aromatic carbocycles. The lowest BCUT2D eigenvalue weighted by molar-refractivity contribution is 0.377. The van der Waals surface area contributed by atoms with Crippen LogP contribution in [0.1, 0.15) is 17.0 Å². The summed E-state index contributed by atoms with van der Waals surface area (Å²) in [6.07, 6.45) is 2.44. The number of pyridine rings is 2. The molecular formula is C21H17FN4O3. The standard InChI is InChI=1S/C14H12N2O2.C7H5FN2O/c1-10-3-5-12(6-4-10)18-14-9-16-11(8-15)7-13(14)17-2;1-11-7-2-5(3-9)10-4-6(7)8/h3-7,9H,1-2H3;2,4H,1H3. The van der Waals surface area contributed by atoms with Crippen molar-refractivity contribution in [3.8, 4) is 35.1 Å². The lowest BCUT2D eigenvalue weighted by Gasteiger charge is -2.09. The van der Waals surface area contributed by atoms with E-state index in [1.165, 1.54) is 26.5 Å². The summed E-state index contributed by atoms with van der Waals surface area (Å²) in [6.45, 7) is 2.01. The van der Waals surface area contributed by atoms with Gasteiger partial charge in [0, 0.05) is 12.1 Å². The van der Waals surface area contributed by atoms with Crippen LogP contribution in [-0.2, 0) is 0 Å². The lowest BCUT2D eigenvalue weighted by Crippen LogP contribution is -1.93. The number of aryl methyl sites for hydroxylation is 1. The van der Waals surface area contributed by atoms with Crippen LogP contribution in [0.5, 0.6) is 23.0 Å². The number of nitrogens with zero attached hydrogens (tertiary/aromatic N) is 4. The molecule has 0 fully saturated rings. The third-order valence-electron chi connectivity index (χ3n) is 3.57. The molecule has 0 bridgehead atoms. The first-order chi connectivity index (χ1) is 14.0. The molecule has 0 N–H and O–H groups in total. The zero-order valence-corrected chi connectivity index (χ0v) is 16.0. The molecule has 0 aliphatic carbocycles. The summed E-state index contributed by atoms with van der Waals surface area (Å²) in [7, 11) is 2.86. The summed E-state index contributed by atoms with van der Waals surface area (Å²) >= 11 is 0. The molecule has 2 aromatic heterocycles. The Kier molecular flexibility index (Phi) is 7.46. The van der Waals surface area contributed by atoms with Crippen LogP contribution in [0.25, 0.3) is 0 Å². The molecule has 0 aliphatic heterocycles. The zero-order valence-electron chi connectivity index (χ0n) is 16.0. The minimum Gasteiger partial charge on any atom is -0.494 e. The van der Waals surface area contributed by atoms with Gasteiger partial charge in [-0.3, -0.25) is 0 Å². The van der Waals surface area contributed by atoms with Crippen molar-refractivity contribution in [3.63, 3.8) is 0 Å². The van der Waals surface area contributed by atoms with Crippen molar-refractivity contribution in [2.75, 3.05) is 14.2 Å². The van der Waals surface area contributed by atoms with E-state index in [4.69, 9.17) is 20.0 Å². The maximum absolute atomic E-state index is 12.6. The number of halogens is 1. The highest BCUT2D eigenvalue weighted by atomic mass is 19.1. The van der Waals surface area contributed by atoms with Crippen LogP contribution in [0, 0.1) is 35.4 Å². The van der Waals surface area contributed by atoms with E-state index in [1.807, 2.05) is 37.3 Å². The Labute approximate surface area is 167 Å². The number of methoxy groups -OCH3 is 2. The molecule has 29 heavy (non-hydrogen) atoms. The van der Waals surface area contributed by atoms with Crippen LogP contribution in [0.3, 0.4) is 0 Å². The molecule has 3 rings (SSSR count). The topological polar surface area (TPSA) is 101 Å². The maximum Gasteiger partial charge on any atom is 0.187 e. The molecule has 0 saturated heterocycles. The summed E-state index contributed by atoms with van der Waals surface area (Å²) in [5.41, 5.74) is 1.60. The van der Waals surface area contributed by atoms with Crippen LogP contribution in [0.2, 0.25) is 0 Å². The third kappa shape index (κ3) is 5.91. The van der Waals surface area contributed by atoms with E-state index in [9.17, 15) is 4.39 Å². The van der Waals surface area contributed by atoms with Crippen LogP contribution in [-0.4, -0.2) is 24.2 Å². The number of benzene rings is 1. The highest BCUT2D eigenvalue weighted by Crippen LogP contribution is 2.31. The summed E-state index contributed by atoms with van der Waals surface area (Å²) in [6, 6.07) is 14.2. The number of ether oxygens (including phenoxy) is 3. The fourth-order valence-electron chi connectivity index (χ4n) is 2.09. The normalized spacial score (nSPS) is 9.31. The van der Waals surface area contributed by atoms with Crippen molar-refractivity contribution in [1.29, 1.82) is 10.5 Å². The predicted octanol–water partition coefficient (Wildman–Crippen LogP) is 4.16. The Morgan fingerprint density at radius 1 is 0.828 bits per heavy atom. The van der Waals surface area contributed by atoms with Crippen molar-refractivity contribution in [2.24, 2.45) is 0 Å². The van der Waals surface area contributed by atoms with Gasteiger partial charge in [-0.15, -0.1) is 0 Å². The van der Waals surface area contributed by atoms with Gasteiger partial charge in [0.1, 0.15) is 29.3 Å². The van der Waals surface area contributed by atoms with Crippen LogP contribution in [0.4, 0.5) is 4.39 Å². The second-order valence-corrected chi connectivity index (χ2v) is 5.56. The average Bonchev–Trinajstić information content (AvgIpc) is 2.76. The first-order valence-corrected chi connectivity index (χ1v) is 8.29. The first kappa shape index (κ1) is 21.1. The fraction of sp³-hybridized carbons (Fsp3) is 0.143. The summed E-state index contributed by atoms with van der Waals surface area (Å²) in [5.74, 6) is 1.15. The minimum absolute atomic E-state index is 0.0385. The van der Waals surface area contributed by atoms with Gasteiger partial charge in [0.2, 0.25) is 0 Å². The molecule has 0 amide bonds. The van der Waals surface area contributed by atoms with Gasteiger partial charge in [0.15, 0.2) is 23.1 Å². The summed E-state index contributed by atoms with van der Waals surface area (Å²) < 4.78 is 28.1. The minimum atomic E-state index is -0.563. The van der Waals surface area contributed by atoms with Crippen LogP contribution in [0.15, 0.2) is 48.8 Å². The van der Waals surface area contributed by atoms with E-state index in [2.05, 4.69) is 14.7 Å². The monoisotopic (exact) mass is 392 g/mol. The average molecular weight is 392 g/mol. The Morgan fingerprint density at radius 2 is 1.38 bits per heavy atom. The van der Waals surface area contributed by atoms with E-state index < -0.39 is 5.82 Å².